The number of carbonyl (C=O) groups excluding carboxylic acids is 2. The molecule has 1 aromatic rings. The van der Waals surface area contributed by atoms with Gasteiger partial charge in [-0.15, -0.1) is 0 Å². The molecule has 2 heterocycles. The van der Waals surface area contributed by atoms with Crippen LogP contribution in [0.15, 0.2) is 24.3 Å². The number of hydrogen-bond donors (Lipinski definition) is 0. The Morgan fingerprint density at radius 3 is 2.52 bits per heavy atom. The molecule has 0 bridgehead atoms. The summed E-state index contributed by atoms with van der Waals surface area (Å²) in [6.45, 7) is 1.87. The van der Waals surface area contributed by atoms with Crippen molar-refractivity contribution in [2.24, 2.45) is 0 Å². The van der Waals surface area contributed by atoms with E-state index in [0.717, 1.165) is 0 Å². The van der Waals surface area contributed by atoms with Crippen LogP contribution in [0, 0.1) is 5.82 Å². The van der Waals surface area contributed by atoms with Crippen LogP contribution in [0.1, 0.15) is 11.6 Å². The molecule has 2 aliphatic heterocycles. The summed E-state index contributed by atoms with van der Waals surface area (Å²) in [5.74, 6) is -0.733. The number of nitrogens with zero attached hydrogens (tertiary/aromatic N) is 2. The van der Waals surface area contributed by atoms with Gasteiger partial charge in [0.05, 0.1) is 19.3 Å². The van der Waals surface area contributed by atoms with E-state index in [-0.39, 0.29) is 24.2 Å². The van der Waals surface area contributed by atoms with Crippen LogP contribution in [0.5, 0.6) is 0 Å². The largest absolute Gasteiger partial charge is 0.378 e. The van der Waals surface area contributed by atoms with E-state index >= 15 is 0 Å². The van der Waals surface area contributed by atoms with Gasteiger partial charge in [0.25, 0.3) is 5.91 Å². The Morgan fingerprint density at radius 1 is 1.22 bits per heavy atom. The zero-order valence-corrected chi connectivity index (χ0v) is 12.9. The molecule has 1 aromatic carbocycles. The molecule has 0 spiro atoms. The van der Waals surface area contributed by atoms with E-state index in [4.69, 9.17) is 9.47 Å². The number of ether oxygens (including phenoxy) is 2. The molecular formula is C16H19FN2O4. The van der Waals surface area contributed by atoms with Gasteiger partial charge in [-0.1, -0.05) is 12.1 Å². The van der Waals surface area contributed by atoms with Crippen LogP contribution in [0.3, 0.4) is 0 Å². The van der Waals surface area contributed by atoms with E-state index in [9.17, 15) is 14.0 Å². The van der Waals surface area contributed by atoms with Crippen LogP contribution < -0.4 is 0 Å². The highest BCUT2D eigenvalue weighted by Gasteiger charge is 2.42. The number of morpholine rings is 2. The van der Waals surface area contributed by atoms with Crippen LogP contribution in [-0.4, -0.2) is 67.7 Å². The summed E-state index contributed by atoms with van der Waals surface area (Å²) < 4.78 is 24.0. The minimum absolute atomic E-state index is 0.130. The van der Waals surface area contributed by atoms with Crippen molar-refractivity contribution in [2.45, 2.75) is 12.1 Å². The van der Waals surface area contributed by atoms with Crippen molar-refractivity contribution in [2.75, 3.05) is 40.0 Å². The lowest BCUT2D eigenvalue weighted by Gasteiger charge is -2.40. The Balaban J connectivity index is 1.87. The van der Waals surface area contributed by atoms with Crippen LogP contribution in [-0.2, 0) is 19.1 Å². The summed E-state index contributed by atoms with van der Waals surface area (Å²) in [6.07, 6.45) is -0.790. The molecule has 0 radical (unpaired) electrons. The first-order valence-electron chi connectivity index (χ1n) is 7.57. The van der Waals surface area contributed by atoms with Crippen LogP contribution in [0.2, 0.25) is 0 Å². The molecule has 0 aliphatic carbocycles. The molecule has 2 atom stereocenters. The highest BCUT2D eigenvalue weighted by molar-refractivity contribution is 5.86. The van der Waals surface area contributed by atoms with Gasteiger partial charge in [0.15, 0.2) is 6.10 Å². The first kappa shape index (κ1) is 15.9. The van der Waals surface area contributed by atoms with Gasteiger partial charge in [-0.3, -0.25) is 9.59 Å². The topological polar surface area (TPSA) is 59.1 Å². The molecule has 0 saturated carbocycles. The Hall–Kier alpha value is -1.99. The Labute approximate surface area is 133 Å². The fourth-order valence-corrected chi connectivity index (χ4v) is 2.94. The molecule has 2 fully saturated rings. The van der Waals surface area contributed by atoms with Crippen molar-refractivity contribution in [3.8, 4) is 0 Å². The van der Waals surface area contributed by atoms with Gasteiger partial charge in [-0.2, -0.15) is 0 Å². The van der Waals surface area contributed by atoms with Gasteiger partial charge >= 0.3 is 0 Å². The molecule has 23 heavy (non-hydrogen) atoms. The van der Waals surface area contributed by atoms with Crippen LogP contribution in [0.4, 0.5) is 4.39 Å². The number of amides is 2. The second-order valence-electron chi connectivity index (χ2n) is 5.67. The van der Waals surface area contributed by atoms with E-state index in [1.807, 2.05) is 0 Å². The maximum Gasteiger partial charge on any atom is 0.254 e. The highest BCUT2D eigenvalue weighted by atomic mass is 19.1. The van der Waals surface area contributed by atoms with Crippen molar-refractivity contribution in [3.05, 3.63) is 35.6 Å². The number of benzene rings is 1. The number of rotatable bonds is 2. The third-order valence-corrected chi connectivity index (χ3v) is 4.26. The summed E-state index contributed by atoms with van der Waals surface area (Å²) in [6, 6.07) is 5.24. The molecule has 6 nitrogen and oxygen atoms in total. The summed E-state index contributed by atoms with van der Waals surface area (Å²) in [4.78, 5) is 27.9. The van der Waals surface area contributed by atoms with Crippen molar-refractivity contribution in [3.63, 3.8) is 0 Å². The highest BCUT2D eigenvalue weighted by Crippen LogP contribution is 2.30. The van der Waals surface area contributed by atoms with E-state index < -0.39 is 12.1 Å². The van der Waals surface area contributed by atoms with Crippen LogP contribution >= 0.6 is 0 Å². The van der Waals surface area contributed by atoms with Crippen molar-refractivity contribution in [1.29, 1.82) is 0 Å². The lowest BCUT2D eigenvalue weighted by atomic mass is 9.97. The smallest absolute Gasteiger partial charge is 0.254 e. The van der Waals surface area contributed by atoms with Gasteiger partial charge in [-0.05, 0) is 17.7 Å². The fraction of sp³-hybridized carbons (Fsp3) is 0.500. The maximum absolute atomic E-state index is 13.2. The quantitative estimate of drug-likeness (QED) is 0.799. The van der Waals surface area contributed by atoms with E-state index in [1.165, 1.54) is 17.0 Å². The lowest BCUT2D eigenvalue weighted by Crippen LogP contribution is -2.55. The molecule has 0 unspecified atom stereocenters. The average molecular weight is 322 g/mol. The Morgan fingerprint density at radius 2 is 1.87 bits per heavy atom. The predicted octanol–water partition coefficient (Wildman–Crippen LogP) is 0.583. The summed E-state index contributed by atoms with van der Waals surface area (Å²) in [7, 11) is 1.64. The molecule has 0 N–H and O–H groups in total. The average Bonchev–Trinajstić information content (AvgIpc) is 2.58. The molecule has 3 rings (SSSR count). The molecule has 7 heteroatoms. The zero-order valence-electron chi connectivity index (χ0n) is 12.9. The van der Waals surface area contributed by atoms with E-state index in [0.29, 0.717) is 31.9 Å². The molecule has 2 amide bonds. The van der Waals surface area contributed by atoms with Crippen molar-refractivity contribution >= 4 is 11.8 Å². The SMILES string of the molecule is CN1C(=O)CO[C@H](C(=O)N2CCOCC2)[C@@H]1c1ccc(F)cc1. The molecule has 2 saturated heterocycles. The van der Waals surface area contributed by atoms with Crippen molar-refractivity contribution in [1.82, 2.24) is 9.80 Å². The molecule has 124 valence electrons. The third kappa shape index (κ3) is 3.20. The number of halogens is 1. The second-order valence-corrected chi connectivity index (χ2v) is 5.67. The summed E-state index contributed by atoms with van der Waals surface area (Å²) >= 11 is 0. The molecule has 0 aromatic heterocycles. The molecular weight excluding hydrogens is 303 g/mol. The fourth-order valence-electron chi connectivity index (χ4n) is 2.94. The summed E-state index contributed by atoms with van der Waals surface area (Å²) in [5.41, 5.74) is 0.675. The monoisotopic (exact) mass is 322 g/mol. The van der Waals surface area contributed by atoms with Gasteiger partial charge in [-0.25, -0.2) is 4.39 Å². The standard InChI is InChI=1S/C16H19FN2O4/c1-18-13(20)10-23-15(16(21)19-6-8-22-9-7-19)14(18)11-2-4-12(17)5-3-11/h2-5,14-15H,6-10H2,1H3/t14-,15-/m0/s1. The number of likely N-dealkylation sites (N-methyl/N-ethyl adjacent to an activating group) is 1. The first-order valence-corrected chi connectivity index (χ1v) is 7.57. The number of carbonyl (C=O) groups is 2. The Kier molecular flexibility index (Phi) is 4.58. The lowest BCUT2D eigenvalue weighted by molar-refractivity contribution is -0.169. The minimum Gasteiger partial charge on any atom is -0.378 e. The normalized spacial score (nSPS) is 25.6. The zero-order chi connectivity index (χ0) is 16.4. The predicted molar refractivity (Wildman–Crippen MR) is 79.1 cm³/mol. The van der Waals surface area contributed by atoms with Gasteiger partial charge in [0.2, 0.25) is 5.91 Å². The third-order valence-electron chi connectivity index (χ3n) is 4.26. The van der Waals surface area contributed by atoms with Crippen molar-refractivity contribution < 1.29 is 23.5 Å². The van der Waals surface area contributed by atoms with E-state index in [2.05, 4.69) is 0 Å². The van der Waals surface area contributed by atoms with Gasteiger partial charge in [0.1, 0.15) is 12.4 Å². The van der Waals surface area contributed by atoms with Gasteiger partial charge in [0, 0.05) is 20.1 Å². The summed E-state index contributed by atoms with van der Waals surface area (Å²) in [5, 5.41) is 0. The second kappa shape index (κ2) is 6.64. The minimum atomic E-state index is -0.790. The van der Waals surface area contributed by atoms with E-state index in [1.54, 1.807) is 24.1 Å². The Bertz CT molecular complexity index is 586. The van der Waals surface area contributed by atoms with Gasteiger partial charge < -0.3 is 19.3 Å². The first-order chi connectivity index (χ1) is 11.1. The molecule has 2 aliphatic rings. The van der Waals surface area contributed by atoms with Crippen LogP contribution in [0.25, 0.3) is 0 Å². The number of hydrogen-bond acceptors (Lipinski definition) is 4. The maximum atomic E-state index is 13.2.